The van der Waals surface area contributed by atoms with Gasteiger partial charge in [-0.05, 0) is 43.5 Å². The Balaban J connectivity index is 2.84. The van der Waals surface area contributed by atoms with Crippen molar-refractivity contribution in [3.8, 4) is 0 Å². The minimum Gasteiger partial charge on any atom is -0.473 e. The summed E-state index contributed by atoms with van der Waals surface area (Å²) in [5.74, 6) is -3.22. The van der Waals surface area contributed by atoms with Gasteiger partial charge in [0.05, 0.1) is 5.70 Å². The second kappa shape index (κ2) is 8.47. The number of primary amides is 1. The van der Waals surface area contributed by atoms with E-state index >= 15 is 0 Å². The molecule has 0 aliphatic carbocycles. The van der Waals surface area contributed by atoms with E-state index in [0.29, 0.717) is 16.8 Å². The maximum Gasteiger partial charge on any atom is 0.266 e. The molecule has 8 heteroatoms. The lowest BCUT2D eigenvalue weighted by molar-refractivity contribution is -0.111. The van der Waals surface area contributed by atoms with Crippen molar-refractivity contribution in [1.29, 1.82) is 10.8 Å². The fourth-order valence-electron chi connectivity index (χ4n) is 1.66. The molecular weight excluding hydrogens is 318 g/mol. The summed E-state index contributed by atoms with van der Waals surface area (Å²) in [6, 6.07) is 3.32. The summed E-state index contributed by atoms with van der Waals surface area (Å²) in [5.41, 5.74) is 5.56. The lowest BCUT2D eigenvalue weighted by Gasteiger charge is -2.09. The van der Waals surface area contributed by atoms with Crippen molar-refractivity contribution in [1.82, 2.24) is 0 Å². The summed E-state index contributed by atoms with van der Waals surface area (Å²) < 4.78 is 31.4. The van der Waals surface area contributed by atoms with Crippen molar-refractivity contribution >= 4 is 29.9 Å². The van der Waals surface area contributed by atoms with Gasteiger partial charge in [0.1, 0.15) is 12.3 Å². The first kappa shape index (κ1) is 18.9. The number of hydrogen-bond donors (Lipinski definition) is 3. The summed E-state index contributed by atoms with van der Waals surface area (Å²) in [6.07, 6.45) is 2.13. The van der Waals surface area contributed by atoms with Crippen LogP contribution in [0.4, 0.5) is 8.78 Å². The average molecular weight is 334 g/mol. The molecule has 0 saturated heterocycles. The van der Waals surface area contributed by atoms with E-state index in [1.807, 2.05) is 0 Å². The van der Waals surface area contributed by atoms with Gasteiger partial charge in [-0.25, -0.2) is 8.78 Å². The number of nitrogens with one attached hydrogen (secondary N) is 2. The largest absolute Gasteiger partial charge is 0.473 e. The van der Waals surface area contributed by atoms with Gasteiger partial charge in [0, 0.05) is 11.6 Å². The van der Waals surface area contributed by atoms with Crippen molar-refractivity contribution < 1.29 is 18.3 Å². The topological polar surface area (TPSA) is 112 Å². The molecule has 6 nitrogen and oxygen atoms in total. The molecule has 0 heterocycles. The Morgan fingerprint density at radius 1 is 1.33 bits per heavy atom. The molecule has 0 aliphatic heterocycles. The van der Waals surface area contributed by atoms with Crippen molar-refractivity contribution in [2.24, 2.45) is 10.7 Å². The number of rotatable bonds is 7. The molecule has 0 saturated carbocycles. The monoisotopic (exact) mass is 334 g/mol. The molecule has 0 atom stereocenters. The first-order chi connectivity index (χ1) is 11.3. The molecule has 126 valence electrons. The Bertz CT molecular complexity index is 754. The zero-order valence-corrected chi connectivity index (χ0v) is 12.9. The minimum absolute atomic E-state index is 0.0690. The molecule has 24 heavy (non-hydrogen) atoms. The van der Waals surface area contributed by atoms with E-state index in [9.17, 15) is 13.6 Å². The van der Waals surface area contributed by atoms with Gasteiger partial charge < -0.3 is 10.5 Å². The molecule has 1 rings (SSSR count). The molecule has 0 radical (unpaired) electrons. The van der Waals surface area contributed by atoms with E-state index in [0.717, 1.165) is 24.3 Å². The third-order valence-electron chi connectivity index (χ3n) is 2.87. The highest BCUT2D eigenvalue weighted by Crippen LogP contribution is 2.22. The van der Waals surface area contributed by atoms with E-state index in [1.165, 1.54) is 6.07 Å². The van der Waals surface area contributed by atoms with Gasteiger partial charge in [-0.1, -0.05) is 0 Å². The molecule has 4 N–H and O–H groups in total. The Labute approximate surface area is 137 Å². The van der Waals surface area contributed by atoms with Crippen LogP contribution in [0.2, 0.25) is 0 Å². The van der Waals surface area contributed by atoms with Gasteiger partial charge >= 0.3 is 0 Å². The highest BCUT2D eigenvalue weighted by atomic mass is 19.2. The lowest BCUT2D eigenvalue weighted by atomic mass is 10.1. The third kappa shape index (κ3) is 5.24. The number of halogens is 2. The zero-order chi connectivity index (χ0) is 18.3. The predicted octanol–water partition coefficient (Wildman–Crippen LogP) is 2.45. The van der Waals surface area contributed by atoms with Crippen LogP contribution in [0.3, 0.4) is 0 Å². The van der Waals surface area contributed by atoms with Crippen LogP contribution in [0.15, 0.2) is 40.9 Å². The smallest absolute Gasteiger partial charge is 0.266 e. The molecule has 1 amide bonds. The first-order valence-corrected chi connectivity index (χ1v) is 6.66. The molecule has 0 aromatic heterocycles. The number of nitrogens with two attached hydrogens (primary N) is 1. The maximum absolute atomic E-state index is 13.3. The fourth-order valence-corrected chi connectivity index (χ4v) is 1.66. The molecule has 1 aromatic carbocycles. The van der Waals surface area contributed by atoms with Crippen LogP contribution >= 0.6 is 0 Å². The molecule has 0 aliphatic rings. The SMILES string of the molecule is C=N/C(=C(\C)COC(=N)/C=C\C(=N)C(N)=O)c1ccc(F)c(F)c1. The van der Waals surface area contributed by atoms with Crippen LogP contribution in [0.5, 0.6) is 0 Å². The van der Waals surface area contributed by atoms with Crippen molar-refractivity contribution in [3.05, 3.63) is 53.1 Å². The van der Waals surface area contributed by atoms with Gasteiger partial charge in [-0.3, -0.25) is 20.6 Å². The predicted molar refractivity (Wildman–Crippen MR) is 88.2 cm³/mol. The minimum atomic E-state index is -1.01. The summed E-state index contributed by atoms with van der Waals surface area (Å²) in [4.78, 5) is 14.4. The summed E-state index contributed by atoms with van der Waals surface area (Å²) in [5, 5.41) is 14.7. The second-order valence-electron chi connectivity index (χ2n) is 4.68. The number of carbonyl (C=O) groups excluding carboxylic acids is 1. The van der Waals surface area contributed by atoms with Crippen LogP contribution in [0.25, 0.3) is 5.70 Å². The molecule has 1 aromatic rings. The molecular formula is C16H16F2N4O2. The van der Waals surface area contributed by atoms with Crippen molar-refractivity contribution in [2.45, 2.75) is 6.92 Å². The fraction of sp³-hybridized carbons (Fsp3) is 0.125. The van der Waals surface area contributed by atoms with Crippen LogP contribution in [-0.4, -0.2) is 30.8 Å². The number of ether oxygens (including phenoxy) is 1. The second-order valence-corrected chi connectivity index (χ2v) is 4.68. The van der Waals surface area contributed by atoms with E-state index in [2.05, 4.69) is 11.7 Å². The number of benzene rings is 1. The normalized spacial score (nSPS) is 11.8. The number of nitrogens with zero attached hydrogens (tertiary/aromatic N) is 1. The number of amides is 1. The molecule has 0 unspecified atom stereocenters. The van der Waals surface area contributed by atoms with Gasteiger partial charge in [-0.2, -0.15) is 0 Å². The quantitative estimate of drug-likeness (QED) is 0.525. The number of hydrogen-bond acceptors (Lipinski definition) is 5. The van der Waals surface area contributed by atoms with Gasteiger partial charge in [-0.15, -0.1) is 0 Å². The average Bonchev–Trinajstić information content (AvgIpc) is 2.54. The highest BCUT2D eigenvalue weighted by molar-refractivity contribution is 6.41. The Hall–Kier alpha value is -3.16. The maximum atomic E-state index is 13.3. The van der Waals surface area contributed by atoms with Crippen molar-refractivity contribution in [3.63, 3.8) is 0 Å². The summed E-state index contributed by atoms with van der Waals surface area (Å²) in [7, 11) is 0. The Kier molecular flexibility index (Phi) is 6.66. The standard InChI is InChI=1S/C16H16F2N4O2/c1-9(8-24-14(20)6-5-13(19)16(21)23)15(22-2)10-3-4-11(17)12(18)7-10/h3-7,19-20H,2,8H2,1H3,(H2,21,23)/b6-5-,15-9+,19-13?,20-14?. The number of carbonyl (C=O) groups is 1. The van der Waals surface area contributed by atoms with Gasteiger partial charge in [0.25, 0.3) is 5.91 Å². The first-order valence-electron chi connectivity index (χ1n) is 6.66. The third-order valence-corrected chi connectivity index (χ3v) is 2.87. The molecule has 0 spiro atoms. The van der Waals surface area contributed by atoms with Gasteiger partial charge in [0.2, 0.25) is 5.90 Å². The molecule has 0 bridgehead atoms. The van der Waals surface area contributed by atoms with Crippen LogP contribution < -0.4 is 5.73 Å². The van der Waals surface area contributed by atoms with Gasteiger partial charge in [0.15, 0.2) is 11.6 Å². The Morgan fingerprint density at radius 3 is 2.54 bits per heavy atom. The van der Waals surface area contributed by atoms with E-state index in [1.54, 1.807) is 6.92 Å². The highest BCUT2D eigenvalue weighted by Gasteiger charge is 2.09. The van der Waals surface area contributed by atoms with Crippen molar-refractivity contribution in [2.75, 3.05) is 6.61 Å². The zero-order valence-electron chi connectivity index (χ0n) is 12.9. The number of aliphatic imine (C=N–C) groups is 1. The molecule has 0 fully saturated rings. The summed E-state index contributed by atoms with van der Waals surface area (Å²) >= 11 is 0. The van der Waals surface area contributed by atoms with E-state index in [4.69, 9.17) is 21.3 Å². The van der Waals surface area contributed by atoms with Crippen LogP contribution in [-0.2, 0) is 9.53 Å². The summed E-state index contributed by atoms with van der Waals surface area (Å²) in [6.45, 7) is 4.95. The van der Waals surface area contributed by atoms with E-state index in [-0.39, 0.29) is 12.5 Å². The van der Waals surface area contributed by atoms with E-state index < -0.39 is 23.3 Å². The van der Waals surface area contributed by atoms with Crippen LogP contribution in [0, 0.1) is 22.5 Å². The van der Waals surface area contributed by atoms with Crippen LogP contribution in [0.1, 0.15) is 12.5 Å². The Morgan fingerprint density at radius 2 is 2.00 bits per heavy atom. The lowest BCUT2D eigenvalue weighted by Crippen LogP contribution is -2.20.